The van der Waals surface area contributed by atoms with Crippen LogP contribution in [0, 0.1) is 19.7 Å². The van der Waals surface area contributed by atoms with E-state index in [-0.39, 0.29) is 5.82 Å². The molecule has 1 heterocycles. The molecule has 0 radical (unpaired) electrons. The largest absolute Gasteiger partial charge is 0.378 e. The first kappa shape index (κ1) is 11.6. The Balaban J connectivity index is 2.13. The molecule has 2 rings (SSSR count). The molecule has 0 fully saturated rings. The van der Waals surface area contributed by atoms with Gasteiger partial charge in [0, 0.05) is 18.9 Å². The van der Waals surface area contributed by atoms with E-state index >= 15 is 0 Å². The van der Waals surface area contributed by atoms with Gasteiger partial charge in [-0.3, -0.25) is 4.98 Å². The predicted octanol–water partition coefficient (Wildman–Crippen LogP) is 3.45. The highest BCUT2D eigenvalue weighted by atomic mass is 19.1. The van der Waals surface area contributed by atoms with Gasteiger partial charge in [-0.2, -0.15) is 0 Å². The summed E-state index contributed by atoms with van der Waals surface area (Å²) in [5.41, 5.74) is 3.63. The third-order valence-corrected chi connectivity index (χ3v) is 2.62. The van der Waals surface area contributed by atoms with E-state index in [4.69, 9.17) is 0 Å². The van der Waals surface area contributed by atoms with Gasteiger partial charge in [0.05, 0.1) is 5.69 Å². The molecule has 2 aromatic rings. The first-order valence-electron chi connectivity index (χ1n) is 5.56. The Morgan fingerprint density at radius 3 is 2.76 bits per heavy atom. The standard InChI is InChI=1S/C14H15FN2/c1-10-6-12(8-16-7-10)9-17-14-11(2)4-3-5-13(14)15/h3-8,17H,9H2,1-2H3. The van der Waals surface area contributed by atoms with E-state index in [1.165, 1.54) is 6.07 Å². The van der Waals surface area contributed by atoms with E-state index in [0.717, 1.165) is 16.7 Å². The summed E-state index contributed by atoms with van der Waals surface area (Å²) in [5.74, 6) is -0.217. The highest BCUT2D eigenvalue weighted by Crippen LogP contribution is 2.19. The summed E-state index contributed by atoms with van der Waals surface area (Å²) in [7, 11) is 0. The Hall–Kier alpha value is -1.90. The molecule has 0 saturated carbocycles. The number of benzene rings is 1. The van der Waals surface area contributed by atoms with Gasteiger partial charge < -0.3 is 5.32 Å². The Bertz CT molecular complexity index is 503. The van der Waals surface area contributed by atoms with Gasteiger partial charge in [-0.1, -0.05) is 18.2 Å². The van der Waals surface area contributed by atoms with Crippen molar-refractivity contribution in [1.82, 2.24) is 4.98 Å². The number of aromatic nitrogens is 1. The molecule has 17 heavy (non-hydrogen) atoms. The van der Waals surface area contributed by atoms with E-state index in [2.05, 4.69) is 10.3 Å². The van der Waals surface area contributed by atoms with Gasteiger partial charge in [0.2, 0.25) is 0 Å². The van der Waals surface area contributed by atoms with E-state index in [1.54, 1.807) is 18.5 Å². The molecule has 0 aliphatic rings. The monoisotopic (exact) mass is 230 g/mol. The number of aryl methyl sites for hydroxylation is 2. The number of pyridine rings is 1. The number of hydrogen-bond donors (Lipinski definition) is 1. The summed E-state index contributed by atoms with van der Waals surface area (Å²) in [6.45, 7) is 4.46. The molecule has 0 unspecified atom stereocenters. The third kappa shape index (κ3) is 2.81. The van der Waals surface area contributed by atoms with Crippen molar-refractivity contribution in [2.24, 2.45) is 0 Å². The lowest BCUT2D eigenvalue weighted by Gasteiger charge is -2.10. The van der Waals surface area contributed by atoms with Crippen molar-refractivity contribution >= 4 is 5.69 Å². The lowest BCUT2D eigenvalue weighted by molar-refractivity contribution is 0.629. The average molecular weight is 230 g/mol. The molecule has 1 aromatic carbocycles. The zero-order valence-electron chi connectivity index (χ0n) is 10.00. The second-order valence-corrected chi connectivity index (χ2v) is 4.16. The zero-order chi connectivity index (χ0) is 12.3. The topological polar surface area (TPSA) is 24.9 Å². The van der Waals surface area contributed by atoms with Crippen LogP contribution in [0.25, 0.3) is 0 Å². The van der Waals surface area contributed by atoms with Gasteiger partial charge >= 0.3 is 0 Å². The number of halogens is 1. The fraction of sp³-hybridized carbons (Fsp3) is 0.214. The Labute approximate surface area is 101 Å². The number of para-hydroxylation sites is 1. The summed E-state index contributed by atoms with van der Waals surface area (Å²) >= 11 is 0. The minimum atomic E-state index is -0.217. The Morgan fingerprint density at radius 2 is 2.06 bits per heavy atom. The fourth-order valence-corrected chi connectivity index (χ4v) is 1.76. The molecule has 3 heteroatoms. The van der Waals surface area contributed by atoms with Crippen LogP contribution in [0.5, 0.6) is 0 Å². The number of hydrogen-bond acceptors (Lipinski definition) is 2. The van der Waals surface area contributed by atoms with Crippen molar-refractivity contribution < 1.29 is 4.39 Å². The summed E-state index contributed by atoms with van der Waals surface area (Å²) in [6, 6.07) is 7.10. The molecule has 0 saturated heterocycles. The molecule has 0 aliphatic carbocycles. The fourth-order valence-electron chi connectivity index (χ4n) is 1.76. The van der Waals surface area contributed by atoms with E-state index in [1.807, 2.05) is 26.0 Å². The van der Waals surface area contributed by atoms with Gasteiger partial charge in [0.1, 0.15) is 5.82 Å². The lowest BCUT2D eigenvalue weighted by Crippen LogP contribution is -2.03. The molecule has 0 spiro atoms. The quantitative estimate of drug-likeness (QED) is 0.873. The van der Waals surface area contributed by atoms with Crippen LogP contribution in [0.1, 0.15) is 16.7 Å². The second-order valence-electron chi connectivity index (χ2n) is 4.16. The molecule has 1 aromatic heterocycles. The average Bonchev–Trinajstić information content (AvgIpc) is 2.28. The number of nitrogens with one attached hydrogen (secondary N) is 1. The molecule has 0 amide bonds. The SMILES string of the molecule is Cc1cncc(CNc2c(C)cccc2F)c1. The van der Waals surface area contributed by atoms with Crippen LogP contribution in [-0.4, -0.2) is 4.98 Å². The van der Waals surface area contributed by atoms with Crippen LogP contribution in [0.2, 0.25) is 0 Å². The van der Waals surface area contributed by atoms with Crippen LogP contribution in [0.3, 0.4) is 0 Å². The molecule has 0 bridgehead atoms. The van der Waals surface area contributed by atoms with Crippen LogP contribution in [0.15, 0.2) is 36.7 Å². The predicted molar refractivity (Wildman–Crippen MR) is 67.4 cm³/mol. The van der Waals surface area contributed by atoms with E-state index in [9.17, 15) is 4.39 Å². The van der Waals surface area contributed by atoms with Gasteiger partial charge in [0.15, 0.2) is 0 Å². The first-order chi connectivity index (χ1) is 8.16. The number of nitrogens with zero attached hydrogens (tertiary/aromatic N) is 1. The summed E-state index contributed by atoms with van der Waals surface area (Å²) < 4.78 is 13.6. The van der Waals surface area contributed by atoms with Gasteiger partial charge in [-0.25, -0.2) is 4.39 Å². The van der Waals surface area contributed by atoms with E-state index in [0.29, 0.717) is 12.2 Å². The second kappa shape index (κ2) is 4.95. The normalized spacial score (nSPS) is 10.3. The zero-order valence-corrected chi connectivity index (χ0v) is 10.00. The van der Waals surface area contributed by atoms with Crippen molar-refractivity contribution in [3.63, 3.8) is 0 Å². The van der Waals surface area contributed by atoms with Crippen LogP contribution >= 0.6 is 0 Å². The van der Waals surface area contributed by atoms with E-state index < -0.39 is 0 Å². The maximum atomic E-state index is 13.6. The molecule has 88 valence electrons. The highest BCUT2D eigenvalue weighted by molar-refractivity contribution is 5.51. The minimum Gasteiger partial charge on any atom is -0.378 e. The Morgan fingerprint density at radius 1 is 1.24 bits per heavy atom. The van der Waals surface area contributed by atoms with Crippen molar-refractivity contribution in [2.45, 2.75) is 20.4 Å². The van der Waals surface area contributed by atoms with Crippen LogP contribution in [-0.2, 0) is 6.54 Å². The molecular weight excluding hydrogens is 215 g/mol. The molecule has 2 nitrogen and oxygen atoms in total. The summed E-state index contributed by atoms with van der Waals surface area (Å²) in [6.07, 6.45) is 3.59. The van der Waals surface area contributed by atoms with Crippen LogP contribution < -0.4 is 5.32 Å². The van der Waals surface area contributed by atoms with Gasteiger partial charge in [-0.15, -0.1) is 0 Å². The maximum Gasteiger partial charge on any atom is 0.146 e. The lowest BCUT2D eigenvalue weighted by atomic mass is 10.1. The minimum absolute atomic E-state index is 0.217. The first-order valence-corrected chi connectivity index (χ1v) is 5.56. The third-order valence-electron chi connectivity index (χ3n) is 2.62. The van der Waals surface area contributed by atoms with Crippen LogP contribution in [0.4, 0.5) is 10.1 Å². The Kier molecular flexibility index (Phi) is 3.38. The van der Waals surface area contributed by atoms with Crippen molar-refractivity contribution in [1.29, 1.82) is 0 Å². The summed E-state index contributed by atoms with van der Waals surface area (Å²) in [5, 5.41) is 3.11. The molecule has 0 atom stereocenters. The highest BCUT2D eigenvalue weighted by Gasteiger charge is 2.04. The molecule has 1 N–H and O–H groups in total. The number of rotatable bonds is 3. The molecule has 0 aliphatic heterocycles. The smallest absolute Gasteiger partial charge is 0.146 e. The van der Waals surface area contributed by atoms with Gasteiger partial charge in [0.25, 0.3) is 0 Å². The van der Waals surface area contributed by atoms with Gasteiger partial charge in [-0.05, 0) is 36.6 Å². The van der Waals surface area contributed by atoms with Crippen molar-refractivity contribution in [3.8, 4) is 0 Å². The molecular formula is C14H15FN2. The van der Waals surface area contributed by atoms with Crippen molar-refractivity contribution in [3.05, 3.63) is 59.2 Å². The summed E-state index contributed by atoms with van der Waals surface area (Å²) in [4.78, 5) is 4.11. The number of anilines is 1. The van der Waals surface area contributed by atoms with Crippen molar-refractivity contribution in [2.75, 3.05) is 5.32 Å². The maximum absolute atomic E-state index is 13.6.